The van der Waals surface area contributed by atoms with Gasteiger partial charge in [0.2, 0.25) is 5.76 Å². The van der Waals surface area contributed by atoms with Gasteiger partial charge in [-0.3, -0.25) is 5.10 Å². The number of nitrogens with zero attached hydrogens (tertiary/aromatic N) is 1. The van der Waals surface area contributed by atoms with Gasteiger partial charge in [-0.1, -0.05) is 0 Å². The number of carboxylic acid groups (broad SMARTS) is 1. The van der Waals surface area contributed by atoms with Gasteiger partial charge in [0.15, 0.2) is 11.5 Å². The zero-order valence-electron chi connectivity index (χ0n) is 8.08. The predicted molar refractivity (Wildman–Crippen MR) is 48.3 cm³/mol. The molecule has 0 aromatic carbocycles. The third-order valence-electron chi connectivity index (χ3n) is 1.95. The van der Waals surface area contributed by atoms with Gasteiger partial charge in [0.1, 0.15) is 5.69 Å². The van der Waals surface area contributed by atoms with E-state index in [0.717, 1.165) is 18.2 Å². The molecule has 0 atom stereocenters. The van der Waals surface area contributed by atoms with Crippen molar-refractivity contribution in [2.24, 2.45) is 0 Å². The summed E-state index contributed by atoms with van der Waals surface area (Å²) in [6.45, 7) is 0. The molecule has 2 N–H and O–H groups in total. The maximum Gasteiger partial charge on any atom is 0.449 e. The summed E-state index contributed by atoms with van der Waals surface area (Å²) in [6.07, 6.45) is -4.58. The number of H-pyrrole nitrogens is 1. The average Bonchev–Trinajstić information content (AvgIpc) is 2.85. The minimum atomic E-state index is -4.58. The van der Waals surface area contributed by atoms with Gasteiger partial charge < -0.3 is 9.52 Å². The number of hydrogen-bond acceptors (Lipinski definition) is 3. The summed E-state index contributed by atoms with van der Waals surface area (Å²) < 4.78 is 41.2. The van der Waals surface area contributed by atoms with E-state index in [2.05, 4.69) is 14.6 Å². The van der Waals surface area contributed by atoms with Crippen molar-refractivity contribution >= 4 is 5.97 Å². The van der Waals surface area contributed by atoms with Gasteiger partial charge in [0, 0.05) is 6.07 Å². The molecule has 0 amide bonds. The van der Waals surface area contributed by atoms with Crippen LogP contribution in [0.3, 0.4) is 0 Å². The summed E-state index contributed by atoms with van der Waals surface area (Å²) in [7, 11) is 0. The molecule has 0 radical (unpaired) electrons. The molecule has 0 bridgehead atoms. The van der Waals surface area contributed by atoms with Gasteiger partial charge >= 0.3 is 12.1 Å². The van der Waals surface area contributed by atoms with Gasteiger partial charge in [-0.05, 0) is 12.1 Å². The molecule has 0 fully saturated rings. The zero-order chi connectivity index (χ0) is 12.6. The fraction of sp³-hybridized carbons (Fsp3) is 0.111. The standard InChI is InChI=1S/C9H5F3N2O3/c10-9(11,12)7-2-1-6(17-7)4-3-5(8(15)16)14-13-4/h1-3H,(H,13,14)(H,15,16). The number of furan rings is 1. The lowest BCUT2D eigenvalue weighted by Crippen LogP contribution is -2.01. The zero-order valence-corrected chi connectivity index (χ0v) is 8.08. The highest BCUT2D eigenvalue weighted by atomic mass is 19.4. The molecule has 0 unspecified atom stereocenters. The number of aromatic nitrogens is 2. The molecule has 0 aliphatic carbocycles. The Labute approximate surface area is 91.9 Å². The molecule has 0 aliphatic rings. The number of aromatic amines is 1. The maximum atomic E-state index is 12.2. The van der Waals surface area contributed by atoms with E-state index in [1.165, 1.54) is 0 Å². The van der Waals surface area contributed by atoms with E-state index in [4.69, 9.17) is 5.11 Å². The number of aromatic carboxylic acids is 1. The van der Waals surface area contributed by atoms with Crippen LogP contribution >= 0.6 is 0 Å². The van der Waals surface area contributed by atoms with Gasteiger partial charge in [0.05, 0.1) is 0 Å². The average molecular weight is 246 g/mol. The molecular formula is C9H5F3N2O3. The summed E-state index contributed by atoms with van der Waals surface area (Å²) in [4.78, 5) is 10.5. The lowest BCUT2D eigenvalue weighted by atomic mass is 10.3. The molecule has 2 aromatic heterocycles. The van der Waals surface area contributed by atoms with Crippen LogP contribution < -0.4 is 0 Å². The van der Waals surface area contributed by atoms with Crippen molar-refractivity contribution in [2.75, 3.05) is 0 Å². The van der Waals surface area contributed by atoms with Gasteiger partial charge in [-0.2, -0.15) is 18.3 Å². The van der Waals surface area contributed by atoms with Crippen LogP contribution in [0.1, 0.15) is 16.2 Å². The van der Waals surface area contributed by atoms with Crippen molar-refractivity contribution in [3.8, 4) is 11.5 Å². The number of nitrogens with one attached hydrogen (secondary N) is 1. The highest BCUT2D eigenvalue weighted by molar-refractivity contribution is 5.86. The number of rotatable bonds is 2. The fourth-order valence-electron chi connectivity index (χ4n) is 1.19. The van der Waals surface area contributed by atoms with Crippen molar-refractivity contribution in [2.45, 2.75) is 6.18 Å². The first-order valence-electron chi connectivity index (χ1n) is 4.34. The van der Waals surface area contributed by atoms with E-state index < -0.39 is 17.9 Å². The van der Waals surface area contributed by atoms with E-state index in [1.807, 2.05) is 0 Å². The summed E-state index contributed by atoms with van der Waals surface area (Å²) >= 11 is 0. The monoisotopic (exact) mass is 246 g/mol. The summed E-state index contributed by atoms with van der Waals surface area (Å²) in [6, 6.07) is 2.93. The smallest absolute Gasteiger partial charge is 0.449 e. The lowest BCUT2D eigenvalue weighted by molar-refractivity contribution is -0.152. The van der Waals surface area contributed by atoms with Crippen molar-refractivity contribution in [1.82, 2.24) is 10.2 Å². The lowest BCUT2D eigenvalue weighted by Gasteiger charge is -2.00. The normalized spacial score (nSPS) is 11.7. The Morgan fingerprint density at radius 1 is 1.41 bits per heavy atom. The first-order chi connectivity index (χ1) is 7.88. The Morgan fingerprint density at radius 2 is 2.12 bits per heavy atom. The molecule has 5 nitrogen and oxygen atoms in total. The second-order valence-electron chi connectivity index (χ2n) is 3.13. The summed E-state index contributed by atoms with van der Waals surface area (Å²) in [5.41, 5.74) is -0.233. The summed E-state index contributed by atoms with van der Waals surface area (Å²) in [5, 5.41) is 14.3. The van der Waals surface area contributed by atoms with E-state index in [0.29, 0.717) is 0 Å². The topological polar surface area (TPSA) is 79.1 Å². The van der Waals surface area contributed by atoms with Crippen molar-refractivity contribution in [3.05, 3.63) is 29.7 Å². The Hall–Kier alpha value is -2.25. The first kappa shape index (κ1) is 11.2. The second kappa shape index (κ2) is 3.65. The molecule has 0 saturated carbocycles. The molecule has 2 heterocycles. The molecule has 8 heteroatoms. The highest BCUT2D eigenvalue weighted by Gasteiger charge is 2.35. The van der Waals surface area contributed by atoms with Gasteiger partial charge in [0.25, 0.3) is 0 Å². The van der Waals surface area contributed by atoms with Crippen LogP contribution in [0.2, 0.25) is 0 Å². The number of alkyl halides is 3. The van der Waals surface area contributed by atoms with Crippen LogP contribution in [0.5, 0.6) is 0 Å². The Balaban J connectivity index is 2.34. The van der Waals surface area contributed by atoms with Crippen molar-refractivity contribution in [3.63, 3.8) is 0 Å². The predicted octanol–water partition coefficient (Wildman–Crippen LogP) is 2.39. The first-order valence-corrected chi connectivity index (χ1v) is 4.34. The van der Waals surface area contributed by atoms with Crippen LogP contribution in [-0.2, 0) is 6.18 Å². The number of halogens is 3. The van der Waals surface area contributed by atoms with Crippen molar-refractivity contribution < 1.29 is 27.5 Å². The molecule has 0 aliphatic heterocycles. The molecule has 0 saturated heterocycles. The fourth-order valence-corrected chi connectivity index (χ4v) is 1.19. The van der Waals surface area contributed by atoms with Crippen LogP contribution in [0, 0.1) is 0 Å². The van der Waals surface area contributed by atoms with Crippen LogP contribution in [0.25, 0.3) is 11.5 Å². The SMILES string of the molecule is O=C(O)c1cc(-c2ccc(C(F)(F)F)o2)[nH]n1. The molecule has 17 heavy (non-hydrogen) atoms. The van der Waals surface area contributed by atoms with E-state index >= 15 is 0 Å². The quantitative estimate of drug-likeness (QED) is 0.852. The highest BCUT2D eigenvalue weighted by Crippen LogP contribution is 2.33. The number of hydrogen-bond donors (Lipinski definition) is 2. The van der Waals surface area contributed by atoms with Crippen LogP contribution in [0.15, 0.2) is 22.6 Å². The third-order valence-corrected chi connectivity index (χ3v) is 1.95. The summed E-state index contributed by atoms with van der Waals surface area (Å²) in [5.74, 6) is -2.56. The molecule has 2 aromatic rings. The van der Waals surface area contributed by atoms with Crippen LogP contribution in [-0.4, -0.2) is 21.3 Å². The third kappa shape index (κ3) is 2.14. The van der Waals surface area contributed by atoms with Crippen LogP contribution in [0.4, 0.5) is 13.2 Å². The Bertz CT molecular complexity index is 556. The second-order valence-corrected chi connectivity index (χ2v) is 3.13. The number of carbonyl (C=O) groups is 1. The minimum Gasteiger partial charge on any atom is -0.476 e. The molecular weight excluding hydrogens is 241 g/mol. The molecule has 90 valence electrons. The Kier molecular flexibility index (Phi) is 2.41. The maximum absolute atomic E-state index is 12.2. The number of carboxylic acids is 1. The minimum absolute atomic E-state index is 0.0675. The van der Waals surface area contributed by atoms with Gasteiger partial charge in [-0.15, -0.1) is 0 Å². The van der Waals surface area contributed by atoms with E-state index in [1.54, 1.807) is 0 Å². The Morgan fingerprint density at radius 3 is 2.59 bits per heavy atom. The van der Waals surface area contributed by atoms with Gasteiger partial charge in [-0.25, -0.2) is 4.79 Å². The van der Waals surface area contributed by atoms with E-state index in [-0.39, 0.29) is 17.1 Å². The van der Waals surface area contributed by atoms with E-state index in [9.17, 15) is 18.0 Å². The largest absolute Gasteiger partial charge is 0.476 e. The van der Waals surface area contributed by atoms with Crippen molar-refractivity contribution in [1.29, 1.82) is 0 Å². The molecule has 0 spiro atoms. The molecule has 2 rings (SSSR count).